The molecule has 0 saturated heterocycles. The highest BCUT2D eigenvalue weighted by molar-refractivity contribution is 6.08. The molecule has 0 amide bonds. The Kier molecular flexibility index (Phi) is 4.94. The van der Waals surface area contributed by atoms with Gasteiger partial charge in [-0.15, -0.1) is 0 Å². The van der Waals surface area contributed by atoms with E-state index in [2.05, 4.69) is 46.9 Å². The van der Waals surface area contributed by atoms with Crippen LogP contribution in [0.3, 0.4) is 0 Å². The Labute approximate surface area is 137 Å². The lowest BCUT2D eigenvalue weighted by Gasteiger charge is -2.13. The Morgan fingerprint density at radius 3 is 2.83 bits per heavy atom. The molecule has 4 nitrogen and oxygen atoms in total. The number of hydrogen-bond acceptors (Lipinski definition) is 4. The number of aliphatic hydroxyl groups is 1. The van der Waals surface area contributed by atoms with Gasteiger partial charge in [-0.2, -0.15) is 0 Å². The van der Waals surface area contributed by atoms with Gasteiger partial charge in [-0.05, 0) is 29.2 Å². The quantitative estimate of drug-likeness (QED) is 0.807. The lowest BCUT2D eigenvalue weighted by atomic mass is 10.0. The number of rotatable bonds is 6. The monoisotopic (exact) mass is 312 g/mol. The zero-order chi connectivity index (χ0) is 16.2. The van der Waals surface area contributed by atoms with Crippen LogP contribution in [0, 0.1) is 0 Å². The maximum Gasteiger partial charge on any atom is 0.144 e. The van der Waals surface area contributed by atoms with Crippen molar-refractivity contribution in [3.63, 3.8) is 0 Å². The highest BCUT2D eigenvalue weighted by Gasteiger charge is 2.20. The van der Waals surface area contributed by atoms with E-state index in [4.69, 9.17) is 4.84 Å². The van der Waals surface area contributed by atoms with Crippen molar-refractivity contribution in [1.82, 2.24) is 5.32 Å². The molecule has 1 atom stereocenters. The molecule has 0 spiro atoms. The average Bonchev–Trinajstić information content (AvgIpc) is 2.96. The molecule has 3 rings (SSSR count). The summed E-state index contributed by atoms with van der Waals surface area (Å²) in [6.45, 7) is 4.83. The van der Waals surface area contributed by atoms with Crippen molar-refractivity contribution in [2.75, 3.05) is 13.2 Å². The van der Waals surface area contributed by atoms with Crippen molar-refractivity contribution in [3.8, 4) is 0 Å². The van der Waals surface area contributed by atoms with Crippen LogP contribution in [0.1, 0.15) is 31.4 Å². The van der Waals surface area contributed by atoms with Crippen molar-refractivity contribution in [2.24, 2.45) is 5.16 Å². The minimum atomic E-state index is -0.542. The van der Waals surface area contributed by atoms with Gasteiger partial charge in [0, 0.05) is 18.2 Å². The van der Waals surface area contributed by atoms with Gasteiger partial charge in [0.2, 0.25) is 0 Å². The fourth-order valence-electron chi connectivity index (χ4n) is 2.98. The van der Waals surface area contributed by atoms with Gasteiger partial charge in [0.25, 0.3) is 0 Å². The van der Waals surface area contributed by atoms with E-state index in [1.807, 2.05) is 13.8 Å². The number of hydrogen-bond donors (Lipinski definition) is 2. The van der Waals surface area contributed by atoms with Gasteiger partial charge in [-0.25, -0.2) is 0 Å². The van der Waals surface area contributed by atoms with Crippen LogP contribution in [0.4, 0.5) is 0 Å². The second-order valence-electron chi connectivity index (χ2n) is 6.36. The van der Waals surface area contributed by atoms with E-state index < -0.39 is 6.10 Å². The molecule has 1 aliphatic rings. The van der Waals surface area contributed by atoms with Crippen LogP contribution < -0.4 is 5.32 Å². The van der Waals surface area contributed by atoms with E-state index >= 15 is 0 Å². The molecule has 0 heterocycles. The third-order valence-corrected chi connectivity index (χ3v) is 4.17. The maximum atomic E-state index is 9.85. The maximum absolute atomic E-state index is 9.85. The molecule has 0 saturated carbocycles. The molecule has 2 N–H and O–H groups in total. The Morgan fingerprint density at radius 1 is 1.17 bits per heavy atom. The highest BCUT2D eigenvalue weighted by Crippen LogP contribution is 2.30. The fraction of sp³-hybridized carbons (Fsp3) is 0.421. The second kappa shape index (κ2) is 7.11. The summed E-state index contributed by atoms with van der Waals surface area (Å²) in [5.74, 6) is 0. The second-order valence-corrected chi connectivity index (χ2v) is 6.36. The molecule has 1 aliphatic carbocycles. The van der Waals surface area contributed by atoms with E-state index in [-0.39, 0.29) is 6.61 Å². The van der Waals surface area contributed by atoms with E-state index in [9.17, 15) is 5.11 Å². The van der Waals surface area contributed by atoms with Gasteiger partial charge in [-0.1, -0.05) is 55.4 Å². The minimum Gasteiger partial charge on any atom is -0.393 e. The molecular formula is C19H24N2O2. The van der Waals surface area contributed by atoms with Crippen LogP contribution in [0.15, 0.2) is 41.6 Å². The summed E-state index contributed by atoms with van der Waals surface area (Å²) < 4.78 is 0. The molecule has 2 aromatic carbocycles. The van der Waals surface area contributed by atoms with Crippen LogP contribution in [-0.4, -0.2) is 36.1 Å². The van der Waals surface area contributed by atoms with Crippen LogP contribution in [0.2, 0.25) is 0 Å². The van der Waals surface area contributed by atoms with Gasteiger partial charge in [-0.3, -0.25) is 0 Å². The van der Waals surface area contributed by atoms with Crippen LogP contribution in [0.5, 0.6) is 0 Å². The number of fused-ring (bicyclic) bond motifs is 3. The molecule has 0 fully saturated rings. The number of aryl methyl sites for hydroxylation is 1. The van der Waals surface area contributed by atoms with Gasteiger partial charge in [0.1, 0.15) is 12.7 Å². The Balaban J connectivity index is 1.67. The number of nitrogens with zero attached hydrogens (tertiary/aromatic N) is 1. The van der Waals surface area contributed by atoms with Crippen molar-refractivity contribution in [3.05, 3.63) is 47.5 Å². The predicted octanol–water partition coefficient (Wildman–Crippen LogP) is 2.87. The van der Waals surface area contributed by atoms with Crippen molar-refractivity contribution >= 4 is 16.5 Å². The first-order valence-corrected chi connectivity index (χ1v) is 8.26. The van der Waals surface area contributed by atoms with Crippen molar-refractivity contribution < 1.29 is 9.94 Å². The largest absolute Gasteiger partial charge is 0.393 e. The lowest BCUT2D eigenvalue weighted by Crippen LogP contribution is -2.34. The normalized spacial score (nSPS) is 17.0. The number of nitrogens with one attached hydrogen (secondary N) is 1. The first-order valence-electron chi connectivity index (χ1n) is 8.26. The van der Waals surface area contributed by atoms with Gasteiger partial charge >= 0.3 is 0 Å². The Hall–Kier alpha value is -1.91. The van der Waals surface area contributed by atoms with Crippen LogP contribution >= 0.6 is 0 Å². The first-order chi connectivity index (χ1) is 11.1. The smallest absolute Gasteiger partial charge is 0.144 e. The summed E-state index contributed by atoms with van der Waals surface area (Å²) >= 11 is 0. The molecule has 4 heteroatoms. The molecule has 2 aromatic rings. The molecule has 0 radical (unpaired) electrons. The van der Waals surface area contributed by atoms with E-state index in [0.29, 0.717) is 12.6 Å². The van der Waals surface area contributed by atoms with Gasteiger partial charge < -0.3 is 15.3 Å². The minimum absolute atomic E-state index is 0.214. The third kappa shape index (κ3) is 3.71. The van der Waals surface area contributed by atoms with Gasteiger partial charge in [0.05, 0.1) is 5.71 Å². The van der Waals surface area contributed by atoms with Crippen molar-refractivity contribution in [1.29, 1.82) is 0 Å². The fourth-order valence-corrected chi connectivity index (χ4v) is 2.98. The summed E-state index contributed by atoms with van der Waals surface area (Å²) in [7, 11) is 0. The first kappa shape index (κ1) is 16.0. The molecule has 122 valence electrons. The number of oxime groups is 1. The molecule has 0 aromatic heterocycles. The number of benzene rings is 2. The third-order valence-electron chi connectivity index (χ3n) is 4.17. The molecular weight excluding hydrogens is 288 g/mol. The molecule has 0 bridgehead atoms. The Bertz CT molecular complexity index is 710. The summed E-state index contributed by atoms with van der Waals surface area (Å²) in [6.07, 6.45) is 1.35. The zero-order valence-corrected chi connectivity index (χ0v) is 13.7. The van der Waals surface area contributed by atoms with Crippen LogP contribution in [-0.2, 0) is 11.3 Å². The standard InChI is InChI=1S/C19H24N2O2/c1-13(2)20-11-15(22)12-23-21-19-10-9-17-16-6-4-3-5-14(16)7-8-18(17)19/h3-8,13,15,20,22H,9-12H2,1-2H3. The highest BCUT2D eigenvalue weighted by atomic mass is 16.6. The lowest BCUT2D eigenvalue weighted by molar-refractivity contribution is 0.0393. The van der Waals surface area contributed by atoms with E-state index in [1.54, 1.807) is 0 Å². The number of aliphatic hydroxyl groups excluding tert-OH is 1. The van der Waals surface area contributed by atoms with Gasteiger partial charge in [0.15, 0.2) is 0 Å². The summed E-state index contributed by atoms with van der Waals surface area (Å²) in [6, 6.07) is 13.1. The summed E-state index contributed by atoms with van der Waals surface area (Å²) in [5.41, 5.74) is 3.51. The zero-order valence-electron chi connectivity index (χ0n) is 13.7. The van der Waals surface area contributed by atoms with E-state index in [0.717, 1.165) is 18.6 Å². The summed E-state index contributed by atoms with van der Waals surface area (Å²) in [4.78, 5) is 5.38. The van der Waals surface area contributed by atoms with Crippen molar-refractivity contribution in [2.45, 2.75) is 38.8 Å². The SMILES string of the molecule is CC(C)NCC(O)CON=C1CCc2c1ccc1ccccc21. The topological polar surface area (TPSA) is 53.8 Å². The average molecular weight is 312 g/mol. The Morgan fingerprint density at radius 2 is 2.00 bits per heavy atom. The van der Waals surface area contributed by atoms with Crippen LogP contribution in [0.25, 0.3) is 10.8 Å². The molecule has 23 heavy (non-hydrogen) atoms. The van der Waals surface area contributed by atoms with E-state index in [1.165, 1.54) is 21.9 Å². The molecule has 1 unspecified atom stereocenters. The predicted molar refractivity (Wildman–Crippen MR) is 93.9 cm³/mol. The molecule has 0 aliphatic heterocycles. The summed E-state index contributed by atoms with van der Waals surface area (Å²) in [5, 5.41) is 19.9.